The van der Waals surface area contributed by atoms with Gasteiger partial charge >= 0.3 is 12.0 Å². The molecule has 0 aliphatic carbocycles. The van der Waals surface area contributed by atoms with Crippen molar-refractivity contribution >= 4 is 12.0 Å². The first-order chi connectivity index (χ1) is 9.52. The van der Waals surface area contributed by atoms with Gasteiger partial charge in [-0.3, -0.25) is 0 Å². The highest BCUT2D eigenvalue weighted by Crippen LogP contribution is 2.01. The maximum atomic E-state index is 11.6. The Hall–Kier alpha value is -2.09. The number of carbonyl (C=O) groups excluding carboxylic acids is 1. The van der Waals surface area contributed by atoms with E-state index in [0.29, 0.717) is 31.1 Å². The fourth-order valence-corrected chi connectivity index (χ4v) is 1.54. The molecule has 0 aliphatic rings. The summed E-state index contributed by atoms with van der Waals surface area (Å²) in [6.45, 7) is 2.29. The molecule has 8 heteroatoms. The van der Waals surface area contributed by atoms with Gasteiger partial charge in [0.15, 0.2) is 0 Å². The number of carbonyl (C=O) groups is 2. The summed E-state index contributed by atoms with van der Waals surface area (Å²) >= 11 is 0. The first-order valence-corrected chi connectivity index (χ1v) is 6.20. The third-order valence-corrected chi connectivity index (χ3v) is 2.51. The lowest BCUT2D eigenvalue weighted by Gasteiger charge is -2.14. The summed E-state index contributed by atoms with van der Waals surface area (Å²) in [6, 6.07) is -1.53. The number of methoxy groups -OCH3 is 1. The van der Waals surface area contributed by atoms with Crippen molar-refractivity contribution in [3.05, 3.63) is 17.8 Å². The summed E-state index contributed by atoms with van der Waals surface area (Å²) in [5, 5.41) is 13.9. The number of hydrogen-bond acceptors (Lipinski definition) is 5. The van der Waals surface area contributed by atoms with Gasteiger partial charge in [0.1, 0.15) is 11.8 Å². The molecule has 0 aromatic carbocycles. The van der Waals surface area contributed by atoms with Gasteiger partial charge in [0, 0.05) is 13.7 Å². The van der Waals surface area contributed by atoms with E-state index >= 15 is 0 Å². The smallest absolute Gasteiger partial charge is 0.326 e. The Morgan fingerprint density at radius 3 is 2.85 bits per heavy atom. The highest BCUT2D eigenvalue weighted by Gasteiger charge is 2.19. The minimum Gasteiger partial charge on any atom is -0.480 e. The summed E-state index contributed by atoms with van der Waals surface area (Å²) in [6.07, 6.45) is 2.39. The zero-order chi connectivity index (χ0) is 15.0. The van der Waals surface area contributed by atoms with Gasteiger partial charge < -0.3 is 24.9 Å². The average molecular weight is 285 g/mol. The van der Waals surface area contributed by atoms with E-state index < -0.39 is 18.0 Å². The molecule has 1 unspecified atom stereocenters. The van der Waals surface area contributed by atoms with Crippen LogP contribution < -0.4 is 10.6 Å². The van der Waals surface area contributed by atoms with Crippen molar-refractivity contribution < 1.29 is 23.8 Å². The van der Waals surface area contributed by atoms with Crippen LogP contribution in [0.15, 0.2) is 10.6 Å². The second kappa shape index (κ2) is 8.16. The van der Waals surface area contributed by atoms with Crippen LogP contribution in [0.25, 0.3) is 0 Å². The van der Waals surface area contributed by atoms with Crippen molar-refractivity contribution in [2.75, 3.05) is 13.7 Å². The van der Waals surface area contributed by atoms with Crippen molar-refractivity contribution in [1.29, 1.82) is 0 Å². The Bertz CT molecular complexity index is 446. The van der Waals surface area contributed by atoms with E-state index in [1.807, 2.05) is 0 Å². The van der Waals surface area contributed by atoms with Crippen molar-refractivity contribution in [1.82, 2.24) is 15.6 Å². The largest absolute Gasteiger partial charge is 0.480 e. The van der Waals surface area contributed by atoms with Gasteiger partial charge in [0.2, 0.25) is 5.89 Å². The first kappa shape index (κ1) is 16.0. The van der Waals surface area contributed by atoms with E-state index in [1.165, 1.54) is 7.11 Å². The Morgan fingerprint density at radius 2 is 2.30 bits per heavy atom. The molecule has 2 amide bonds. The minimum absolute atomic E-state index is 0.101. The maximum Gasteiger partial charge on any atom is 0.326 e. The number of urea groups is 1. The van der Waals surface area contributed by atoms with Crippen molar-refractivity contribution in [3.63, 3.8) is 0 Å². The number of nitrogens with one attached hydrogen (secondary N) is 2. The summed E-state index contributed by atoms with van der Waals surface area (Å²) in [5.74, 6) is -0.0719. The van der Waals surface area contributed by atoms with Gasteiger partial charge in [-0.15, -0.1) is 0 Å². The molecule has 1 heterocycles. The van der Waals surface area contributed by atoms with Gasteiger partial charge in [-0.2, -0.15) is 0 Å². The van der Waals surface area contributed by atoms with E-state index in [4.69, 9.17) is 14.3 Å². The summed E-state index contributed by atoms with van der Waals surface area (Å²) in [7, 11) is 1.54. The molecule has 0 fully saturated rings. The molecule has 0 bridgehead atoms. The Kier molecular flexibility index (Phi) is 6.51. The normalized spacial score (nSPS) is 11.9. The highest BCUT2D eigenvalue weighted by atomic mass is 16.5. The van der Waals surface area contributed by atoms with E-state index in [1.54, 1.807) is 13.1 Å². The molecule has 1 aromatic heterocycles. The number of nitrogens with zero attached hydrogens (tertiary/aromatic N) is 1. The first-order valence-electron chi connectivity index (χ1n) is 6.20. The second-order valence-corrected chi connectivity index (χ2v) is 4.22. The summed E-state index contributed by atoms with van der Waals surface area (Å²) < 4.78 is 10.0. The van der Waals surface area contributed by atoms with E-state index in [0.717, 1.165) is 0 Å². The van der Waals surface area contributed by atoms with Crippen molar-refractivity contribution in [2.24, 2.45) is 0 Å². The molecule has 0 aliphatic heterocycles. The zero-order valence-electron chi connectivity index (χ0n) is 11.5. The number of aryl methyl sites for hydroxylation is 1. The molecular formula is C12H19N3O5. The maximum absolute atomic E-state index is 11.6. The molecule has 8 nitrogen and oxygen atoms in total. The minimum atomic E-state index is -1.08. The van der Waals surface area contributed by atoms with E-state index in [9.17, 15) is 9.59 Å². The molecule has 20 heavy (non-hydrogen) atoms. The van der Waals surface area contributed by atoms with Crippen LogP contribution in [-0.4, -0.2) is 41.8 Å². The number of carboxylic acid groups (broad SMARTS) is 1. The van der Waals surface area contributed by atoms with Gasteiger partial charge in [0.05, 0.1) is 12.7 Å². The molecule has 3 N–H and O–H groups in total. The Labute approximate surface area is 116 Å². The molecule has 0 saturated heterocycles. The number of ether oxygens (including phenoxy) is 1. The molecule has 1 rings (SSSR count). The third kappa shape index (κ3) is 5.70. The molecule has 0 radical (unpaired) electrons. The van der Waals surface area contributed by atoms with E-state index in [-0.39, 0.29) is 6.54 Å². The quantitative estimate of drug-likeness (QED) is 0.605. The molecule has 112 valence electrons. The number of rotatable bonds is 8. The average Bonchev–Trinajstić information content (AvgIpc) is 2.81. The second-order valence-electron chi connectivity index (χ2n) is 4.22. The SMILES string of the molecule is COCCCC(NC(=O)NCc1ncc(C)o1)C(=O)O. The molecule has 1 aromatic rings. The van der Waals surface area contributed by atoms with Gasteiger partial charge in [0.25, 0.3) is 0 Å². The monoisotopic (exact) mass is 285 g/mol. The van der Waals surface area contributed by atoms with Crippen LogP contribution >= 0.6 is 0 Å². The standard InChI is InChI=1S/C12H19N3O5/c1-8-6-13-10(20-8)7-14-12(18)15-9(11(16)17)4-3-5-19-2/h6,9H,3-5,7H2,1-2H3,(H,16,17)(H2,14,15,18). The number of aromatic nitrogens is 1. The van der Waals surface area contributed by atoms with Crippen LogP contribution in [-0.2, 0) is 16.1 Å². The lowest BCUT2D eigenvalue weighted by atomic mass is 10.1. The van der Waals surface area contributed by atoms with E-state index in [2.05, 4.69) is 15.6 Å². The summed E-state index contributed by atoms with van der Waals surface area (Å²) in [5.41, 5.74) is 0. The fourth-order valence-electron chi connectivity index (χ4n) is 1.54. The molecule has 1 atom stereocenters. The molecule has 0 spiro atoms. The lowest BCUT2D eigenvalue weighted by molar-refractivity contribution is -0.139. The van der Waals surface area contributed by atoms with Crippen LogP contribution in [0, 0.1) is 6.92 Å². The Balaban J connectivity index is 2.35. The topological polar surface area (TPSA) is 114 Å². The number of amides is 2. The predicted molar refractivity (Wildman–Crippen MR) is 69.1 cm³/mol. The molecular weight excluding hydrogens is 266 g/mol. The molecule has 0 saturated carbocycles. The Morgan fingerprint density at radius 1 is 1.55 bits per heavy atom. The van der Waals surface area contributed by atoms with Gasteiger partial charge in [-0.1, -0.05) is 0 Å². The number of hydrogen-bond donors (Lipinski definition) is 3. The number of carboxylic acids is 1. The summed E-state index contributed by atoms with van der Waals surface area (Å²) in [4.78, 5) is 26.5. The predicted octanol–water partition coefficient (Wildman–Crippen LogP) is 0.662. The zero-order valence-corrected chi connectivity index (χ0v) is 11.5. The van der Waals surface area contributed by atoms with Crippen molar-refractivity contribution in [2.45, 2.75) is 32.4 Å². The fraction of sp³-hybridized carbons (Fsp3) is 0.583. The number of aliphatic carboxylic acids is 1. The van der Waals surface area contributed by atoms with Gasteiger partial charge in [-0.25, -0.2) is 14.6 Å². The lowest BCUT2D eigenvalue weighted by Crippen LogP contribution is -2.45. The van der Waals surface area contributed by atoms with Crippen LogP contribution in [0.1, 0.15) is 24.5 Å². The van der Waals surface area contributed by atoms with Crippen LogP contribution in [0.5, 0.6) is 0 Å². The third-order valence-electron chi connectivity index (χ3n) is 2.51. The van der Waals surface area contributed by atoms with Crippen molar-refractivity contribution in [3.8, 4) is 0 Å². The highest BCUT2D eigenvalue weighted by molar-refractivity contribution is 5.82. The van der Waals surface area contributed by atoms with Crippen LogP contribution in [0.4, 0.5) is 4.79 Å². The van der Waals surface area contributed by atoms with Crippen LogP contribution in [0.2, 0.25) is 0 Å². The van der Waals surface area contributed by atoms with Crippen LogP contribution in [0.3, 0.4) is 0 Å². The number of oxazole rings is 1. The van der Waals surface area contributed by atoms with Gasteiger partial charge in [-0.05, 0) is 19.8 Å².